The van der Waals surface area contributed by atoms with Crippen molar-refractivity contribution in [3.05, 3.63) is 34.6 Å². The van der Waals surface area contributed by atoms with E-state index in [0.717, 1.165) is 0 Å². The topological polar surface area (TPSA) is 52.0 Å². The van der Waals surface area contributed by atoms with Crippen LogP contribution >= 0.6 is 36.4 Å². The fraction of sp³-hybridized carbons (Fsp3) is 0.250. The van der Waals surface area contributed by atoms with E-state index in [1.807, 2.05) is 0 Å². The zero-order chi connectivity index (χ0) is 9.14. The molecule has 0 radical (unpaired) electrons. The molecule has 0 amide bonds. The van der Waals surface area contributed by atoms with Gasteiger partial charge in [0.15, 0.2) is 0 Å². The molecular formula is C8H12Cl3FN2. The second-order valence-electron chi connectivity index (χ2n) is 2.51. The van der Waals surface area contributed by atoms with Crippen molar-refractivity contribution in [2.45, 2.75) is 6.04 Å². The van der Waals surface area contributed by atoms with Gasteiger partial charge in [-0.15, -0.1) is 24.8 Å². The lowest BCUT2D eigenvalue weighted by Crippen LogP contribution is -2.21. The summed E-state index contributed by atoms with van der Waals surface area (Å²) in [7, 11) is 0. The third-order valence-electron chi connectivity index (χ3n) is 1.62. The predicted octanol–water partition coefficient (Wildman–Crippen LogP) is 2.28. The molecule has 0 aliphatic rings. The molecule has 0 spiro atoms. The Balaban J connectivity index is 0. The molecular weight excluding hydrogens is 249 g/mol. The van der Waals surface area contributed by atoms with E-state index in [1.54, 1.807) is 6.07 Å². The van der Waals surface area contributed by atoms with Crippen molar-refractivity contribution in [2.75, 3.05) is 6.54 Å². The zero-order valence-electron chi connectivity index (χ0n) is 7.24. The van der Waals surface area contributed by atoms with E-state index in [2.05, 4.69) is 0 Å². The second kappa shape index (κ2) is 7.26. The Morgan fingerprint density at radius 3 is 2.36 bits per heavy atom. The maximum absolute atomic E-state index is 12.6. The minimum absolute atomic E-state index is 0. The molecule has 0 heterocycles. The average molecular weight is 262 g/mol. The first-order valence-electron chi connectivity index (χ1n) is 3.55. The van der Waals surface area contributed by atoms with Gasteiger partial charge in [0, 0.05) is 17.6 Å². The summed E-state index contributed by atoms with van der Waals surface area (Å²) in [6.45, 7) is 0.297. The van der Waals surface area contributed by atoms with Crippen molar-refractivity contribution in [1.82, 2.24) is 0 Å². The van der Waals surface area contributed by atoms with Crippen molar-refractivity contribution in [3.8, 4) is 0 Å². The SMILES string of the molecule is Cl.Cl.NC[C@H](N)c1ccc(F)cc1Cl. The van der Waals surface area contributed by atoms with Crippen molar-refractivity contribution in [2.24, 2.45) is 11.5 Å². The lowest BCUT2D eigenvalue weighted by Gasteiger charge is -2.10. The van der Waals surface area contributed by atoms with Crippen LogP contribution < -0.4 is 11.5 Å². The highest BCUT2D eigenvalue weighted by molar-refractivity contribution is 6.31. The number of rotatable bonds is 2. The molecule has 4 N–H and O–H groups in total. The zero-order valence-corrected chi connectivity index (χ0v) is 9.63. The van der Waals surface area contributed by atoms with Gasteiger partial charge in [0.1, 0.15) is 5.82 Å². The summed E-state index contributed by atoms with van der Waals surface area (Å²) >= 11 is 5.73. The van der Waals surface area contributed by atoms with E-state index >= 15 is 0 Å². The molecule has 0 saturated heterocycles. The number of nitrogens with two attached hydrogens (primary N) is 2. The molecule has 82 valence electrons. The third-order valence-corrected chi connectivity index (χ3v) is 1.94. The molecule has 1 atom stereocenters. The van der Waals surface area contributed by atoms with E-state index < -0.39 is 0 Å². The second-order valence-corrected chi connectivity index (χ2v) is 2.92. The minimum atomic E-state index is -0.368. The lowest BCUT2D eigenvalue weighted by atomic mass is 10.1. The van der Waals surface area contributed by atoms with Gasteiger partial charge in [0.05, 0.1) is 0 Å². The van der Waals surface area contributed by atoms with E-state index in [9.17, 15) is 4.39 Å². The van der Waals surface area contributed by atoms with Gasteiger partial charge in [-0.1, -0.05) is 17.7 Å². The molecule has 0 fully saturated rings. The largest absolute Gasteiger partial charge is 0.329 e. The summed E-state index contributed by atoms with van der Waals surface area (Å²) in [5.41, 5.74) is 11.6. The van der Waals surface area contributed by atoms with Crippen LogP contribution in [0, 0.1) is 5.82 Å². The van der Waals surface area contributed by atoms with Crippen LogP contribution in [0.25, 0.3) is 0 Å². The van der Waals surface area contributed by atoms with Crippen LogP contribution in [0.5, 0.6) is 0 Å². The van der Waals surface area contributed by atoms with Crippen molar-refractivity contribution in [3.63, 3.8) is 0 Å². The Morgan fingerprint density at radius 2 is 1.93 bits per heavy atom. The molecule has 1 aromatic rings. The average Bonchev–Trinajstić information content (AvgIpc) is 2.03. The van der Waals surface area contributed by atoms with Gasteiger partial charge in [0.2, 0.25) is 0 Å². The first kappa shape index (κ1) is 16.4. The maximum Gasteiger partial charge on any atom is 0.124 e. The van der Waals surface area contributed by atoms with E-state index in [0.29, 0.717) is 17.1 Å². The normalized spacial score (nSPS) is 11.1. The highest BCUT2D eigenvalue weighted by Crippen LogP contribution is 2.21. The predicted molar refractivity (Wildman–Crippen MR) is 61.9 cm³/mol. The monoisotopic (exact) mass is 260 g/mol. The summed E-state index contributed by atoms with van der Waals surface area (Å²) in [5, 5.41) is 0.327. The molecule has 0 aliphatic carbocycles. The van der Waals surface area contributed by atoms with Crippen LogP contribution in [0.1, 0.15) is 11.6 Å². The standard InChI is InChI=1S/C8H10ClFN2.2ClH/c9-7-3-5(10)1-2-6(7)8(12)4-11;;/h1-3,8H,4,11-12H2;2*1H/t8-;;/m0../s1. The minimum Gasteiger partial charge on any atom is -0.329 e. The molecule has 1 aromatic carbocycles. The van der Waals surface area contributed by atoms with Crippen molar-refractivity contribution in [1.29, 1.82) is 0 Å². The van der Waals surface area contributed by atoms with Crippen LogP contribution in [0.4, 0.5) is 4.39 Å². The number of halogens is 4. The molecule has 1 rings (SSSR count). The van der Waals surface area contributed by atoms with E-state index in [1.165, 1.54) is 12.1 Å². The quantitative estimate of drug-likeness (QED) is 0.858. The highest BCUT2D eigenvalue weighted by atomic mass is 35.5. The number of benzene rings is 1. The Bertz CT molecular complexity index is 283. The van der Waals surface area contributed by atoms with E-state index in [4.69, 9.17) is 23.1 Å². The van der Waals surface area contributed by atoms with Crippen LogP contribution in [0.15, 0.2) is 18.2 Å². The third kappa shape index (κ3) is 3.98. The lowest BCUT2D eigenvalue weighted by molar-refractivity contribution is 0.625. The van der Waals surface area contributed by atoms with E-state index in [-0.39, 0.29) is 36.7 Å². The van der Waals surface area contributed by atoms with Crippen molar-refractivity contribution >= 4 is 36.4 Å². The summed E-state index contributed by atoms with van der Waals surface area (Å²) in [4.78, 5) is 0. The molecule has 14 heavy (non-hydrogen) atoms. The fourth-order valence-electron chi connectivity index (χ4n) is 0.929. The Morgan fingerprint density at radius 1 is 1.36 bits per heavy atom. The Hall–Kier alpha value is -0.0600. The van der Waals surface area contributed by atoms with Crippen LogP contribution in [0.2, 0.25) is 5.02 Å². The van der Waals surface area contributed by atoms with Gasteiger partial charge in [-0.25, -0.2) is 4.39 Å². The number of hydrogen-bond acceptors (Lipinski definition) is 2. The summed E-state index contributed by atoms with van der Waals surface area (Å²) < 4.78 is 12.6. The summed E-state index contributed by atoms with van der Waals surface area (Å²) in [6, 6.07) is 3.77. The molecule has 0 bridgehead atoms. The highest BCUT2D eigenvalue weighted by Gasteiger charge is 2.08. The van der Waals surface area contributed by atoms with Crippen LogP contribution in [-0.4, -0.2) is 6.54 Å². The van der Waals surface area contributed by atoms with Gasteiger partial charge >= 0.3 is 0 Å². The first-order chi connectivity index (χ1) is 5.65. The fourth-order valence-corrected chi connectivity index (χ4v) is 1.24. The molecule has 6 heteroatoms. The van der Waals surface area contributed by atoms with Gasteiger partial charge in [0.25, 0.3) is 0 Å². The molecule has 0 aliphatic heterocycles. The molecule has 0 saturated carbocycles. The number of hydrogen-bond donors (Lipinski definition) is 2. The summed E-state index contributed by atoms with van der Waals surface area (Å²) in [5.74, 6) is -0.368. The molecule has 0 unspecified atom stereocenters. The smallest absolute Gasteiger partial charge is 0.124 e. The maximum atomic E-state index is 12.6. The first-order valence-corrected chi connectivity index (χ1v) is 3.93. The van der Waals surface area contributed by atoms with Gasteiger partial charge in [-0.3, -0.25) is 0 Å². The van der Waals surface area contributed by atoms with Crippen LogP contribution in [-0.2, 0) is 0 Å². The van der Waals surface area contributed by atoms with Gasteiger partial charge in [-0.2, -0.15) is 0 Å². The summed E-state index contributed by atoms with van der Waals surface area (Å²) in [6.07, 6.45) is 0. The van der Waals surface area contributed by atoms with Gasteiger partial charge < -0.3 is 11.5 Å². The van der Waals surface area contributed by atoms with Gasteiger partial charge in [-0.05, 0) is 17.7 Å². The Kier molecular flexibility index (Phi) is 8.49. The molecule has 2 nitrogen and oxygen atoms in total. The van der Waals surface area contributed by atoms with Crippen molar-refractivity contribution < 1.29 is 4.39 Å². The van der Waals surface area contributed by atoms with Crippen LogP contribution in [0.3, 0.4) is 0 Å². The Labute approximate surface area is 99.6 Å². The molecule has 0 aromatic heterocycles.